The molecular weight excluding hydrogens is 208 g/mol. The number of hydrogen-bond donors (Lipinski definition) is 2. The van der Waals surface area contributed by atoms with Gasteiger partial charge in [0.1, 0.15) is 5.76 Å². The monoisotopic (exact) mass is 228 g/mol. The molecule has 5 heteroatoms. The van der Waals surface area contributed by atoms with Crippen molar-refractivity contribution < 1.29 is 14.4 Å². The van der Waals surface area contributed by atoms with Crippen LogP contribution in [0.5, 0.6) is 0 Å². The number of aliphatic hydroxyl groups excluding tert-OH is 1. The Morgan fingerprint density at radius 2 is 2.19 bits per heavy atom. The Balaban J connectivity index is 2.49. The summed E-state index contributed by atoms with van der Waals surface area (Å²) in [4.78, 5) is 0. The Morgan fingerprint density at radius 1 is 1.50 bits per heavy atom. The maximum absolute atomic E-state index is 9.51. The first-order chi connectivity index (χ1) is 7.56. The molecule has 0 aliphatic heterocycles. The van der Waals surface area contributed by atoms with Gasteiger partial charge in [-0.05, 0) is 20.8 Å². The number of ether oxygens (including phenoxy) is 1. The molecule has 0 aliphatic carbocycles. The fourth-order valence-electron chi connectivity index (χ4n) is 1.77. The Labute approximate surface area is 95.8 Å². The Bertz CT molecular complexity index is 306. The molecule has 0 radical (unpaired) electrons. The van der Waals surface area contributed by atoms with Gasteiger partial charge in [0.25, 0.3) is 0 Å². The molecule has 0 bridgehead atoms. The fraction of sp³-hybridized carbons (Fsp3) is 0.727. The van der Waals surface area contributed by atoms with Crippen LogP contribution in [0, 0.1) is 13.8 Å². The van der Waals surface area contributed by atoms with E-state index in [4.69, 9.17) is 9.26 Å². The van der Waals surface area contributed by atoms with E-state index in [9.17, 15) is 5.11 Å². The smallest absolute Gasteiger partial charge is 0.138 e. The first-order valence-electron chi connectivity index (χ1n) is 5.39. The number of aliphatic hydroxyl groups is 1. The van der Waals surface area contributed by atoms with Gasteiger partial charge in [-0.3, -0.25) is 0 Å². The van der Waals surface area contributed by atoms with E-state index < -0.39 is 6.10 Å². The summed E-state index contributed by atoms with van der Waals surface area (Å²) in [6.07, 6.45) is -0.493. The lowest BCUT2D eigenvalue weighted by atomic mass is 10.1. The fourth-order valence-corrected chi connectivity index (χ4v) is 1.77. The van der Waals surface area contributed by atoms with Crippen LogP contribution in [0.3, 0.4) is 0 Å². The molecule has 0 saturated carbocycles. The van der Waals surface area contributed by atoms with Crippen LogP contribution in [0.1, 0.15) is 30.0 Å². The van der Waals surface area contributed by atoms with Crippen LogP contribution in [0.15, 0.2) is 4.52 Å². The number of hydrogen-bond acceptors (Lipinski definition) is 5. The van der Waals surface area contributed by atoms with Crippen molar-refractivity contribution >= 4 is 0 Å². The van der Waals surface area contributed by atoms with E-state index in [0.29, 0.717) is 13.2 Å². The SMILES string of the molecule is COCC(O)CNC(C)c1c(C)noc1C. The molecule has 5 nitrogen and oxygen atoms in total. The van der Waals surface area contributed by atoms with Gasteiger partial charge in [0.15, 0.2) is 0 Å². The maximum Gasteiger partial charge on any atom is 0.138 e. The van der Waals surface area contributed by atoms with Crippen LogP contribution >= 0.6 is 0 Å². The summed E-state index contributed by atoms with van der Waals surface area (Å²) in [7, 11) is 1.57. The van der Waals surface area contributed by atoms with Gasteiger partial charge in [-0.15, -0.1) is 0 Å². The number of aromatic nitrogens is 1. The van der Waals surface area contributed by atoms with Crippen molar-refractivity contribution in [2.45, 2.75) is 32.9 Å². The van der Waals surface area contributed by atoms with E-state index in [1.807, 2.05) is 20.8 Å². The summed E-state index contributed by atoms with van der Waals surface area (Å²) in [5, 5.41) is 16.6. The van der Waals surface area contributed by atoms with E-state index in [0.717, 1.165) is 17.0 Å². The van der Waals surface area contributed by atoms with Crippen molar-refractivity contribution in [2.75, 3.05) is 20.3 Å². The van der Waals surface area contributed by atoms with Crippen LogP contribution in [0.2, 0.25) is 0 Å². The average molecular weight is 228 g/mol. The number of nitrogens with zero attached hydrogens (tertiary/aromatic N) is 1. The van der Waals surface area contributed by atoms with Gasteiger partial charge in [0, 0.05) is 25.3 Å². The second kappa shape index (κ2) is 5.98. The van der Waals surface area contributed by atoms with Gasteiger partial charge >= 0.3 is 0 Å². The van der Waals surface area contributed by atoms with Crippen LogP contribution in [0.4, 0.5) is 0 Å². The van der Waals surface area contributed by atoms with E-state index in [2.05, 4.69) is 10.5 Å². The Morgan fingerprint density at radius 3 is 2.69 bits per heavy atom. The van der Waals surface area contributed by atoms with Crippen molar-refractivity contribution in [1.82, 2.24) is 10.5 Å². The van der Waals surface area contributed by atoms with E-state index in [-0.39, 0.29) is 6.04 Å². The van der Waals surface area contributed by atoms with Crippen molar-refractivity contribution in [2.24, 2.45) is 0 Å². The molecule has 1 aromatic heterocycles. The van der Waals surface area contributed by atoms with Crippen LogP contribution in [-0.4, -0.2) is 36.6 Å². The predicted molar refractivity (Wildman–Crippen MR) is 60.3 cm³/mol. The summed E-state index contributed by atoms with van der Waals surface area (Å²) in [6, 6.07) is 0.109. The molecule has 1 aromatic rings. The van der Waals surface area contributed by atoms with Gasteiger partial charge in [-0.25, -0.2) is 0 Å². The zero-order valence-electron chi connectivity index (χ0n) is 10.3. The zero-order valence-corrected chi connectivity index (χ0v) is 10.3. The molecular formula is C11H20N2O3. The Hall–Kier alpha value is -0.910. The highest BCUT2D eigenvalue weighted by molar-refractivity contribution is 5.24. The van der Waals surface area contributed by atoms with E-state index in [1.165, 1.54) is 0 Å². The summed E-state index contributed by atoms with van der Waals surface area (Å²) < 4.78 is 9.95. The van der Waals surface area contributed by atoms with Gasteiger partial charge in [-0.2, -0.15) is 0 Å². The normalized spacial score (nSPS) is 15.1. The van der Waals surface area contributed by atoms with E-state index >= 15 is 0 Å². The minimum absolute atomic E-state index is 0.109. The van der Waals surface area contributed by atoms with Crippen LogP contribution < -0.4 is 5.32 Å². The molecule has 1 rings (SSSR count). The van der Waals surface area contributed by atoms with Crippen molar-refractivity contribution in [3.05, 3.63) is 17.0 Å². The van der Waals surface area contributed by atoms with Gasteiger partial charge in [0.2, 0.25) is 0 Å². The van der Waals surface area contributed by atoms with Gasteiger partial charge < -0.3 is 19.7 Å². The molecule has 0 spiro atoms. The van der Waals surface area contributed by atoms with Crippen LogP contribution in [-0.2, 0) is 4.74 Å². The second-order valence-corrected chi connectivity index (χ2v) is 3.98. The van der Waals surface area contributed by atoms with E-state index in [1.54, 1.807) is 7.11 Å². The van der Waals surface area contributed by atoms with Crippen molar-refractivity contribution in [1.29, 1.82) is 0 Å². The summed E-state index contributed by atoms with van der Waals surface area (Å²) in [5.74, 6) is 0.818. The minimum atomic E-state index is -0.493. The van der Waals surface area contributed by atoms with Crippen molar-refractivity contribution in [3.63, 3.8) is 0 Å². The zero-order chi connectivity index (χ0) is 12.1. The number of aryl methyl sites for hydroxylation is 2. The molecule has 1 heterocycles. The first-order valence-corrected chi connectivity index (χ1v) is 5.39. The summed E-state index contributed by atoms with van der Waals surface area (Å²) >= 11 is 0. The second-order valence-electron chi connectivity index (χ2n) is 3.98. The molecule has 0 aromatic carbocycles. The van der Waals surface area contributed by atoms with Gasteiger partial charge in [-0.1, -0.05) is 5.16 Å². The third kappa shape index (κ3) is 3.30. The number of nitrogens with one attached hydrogen (secondary N) is 1. The molecule has 0 saturated heterocycles. The van der Waals surface area contributed by atoms with Crippen molar-refractivity contribution in [3.8, 4) is 0 Å². The molecule has 2 unspecified atom stereocenters. The molecule has 0 amide bonds. The standard InChI is InChI=1S/C11H20N2O3/c1-7(12-5-10(14)6-15-4)11-8(2)13-16-9(11)3/h7,10,12,14H,5-6H2,1-4H3. The average Bonchev–Trinajstić information content (AvgIpc) is 2.56. The molecule has 2 N–H and O–H groups in total. The largest absolute Gasteiger partial charge is 0.389 e. The number of rotatable bonds is 6. The molecule has 0 fully saturated rings. The third-order valence-corrected chi connectivity index (χ3v) is 2.54. The minimum Gasteiger partial charge on any atom is -0.389 e. The quantitative estimate of drug-likeness (QED) is 0.758. The highest BCUT2D eigenvalue weighted by atomic mass is 16.5. The van der Waals surface area contributed by atoms with Gasteiger partial charge in [0.05, 0.1) is 18.4 Å². The highest BCUT2D eigenvalue weighted by Crippen LogP contribution is 2.20. The molecule has 16 heavy (non-hydrogen) atoms. The lowest BCUT2D eigenvalue weighted by Crippen LogP contribution is -2.32. The lowest BCUT2D eigenvalue weighted by molar-refractivity contribution is 0.0630. The molecule has 2 atom stereocenters. The maximum atomic E-state index is 9.51. The summed E-state index contributed by atoms with van der Waals surface area (Å²) in [5.41, 5.74) is 1.95. The number of methoxy groups -OCH3 is 1. The van der Waals surface area contributed by atoms with Crippen LogP contribution in [0.25, 0.3) is 0 Å². The summed E-state index contributed by atoms with van der Waals surface area (Å²) in [6.45, 7) is 6.64. The molecule has 92 valence electrons. The lowest BCUT2D eigenvalue weighted by Gasteiger charge is -2.16. The highest BCUT2D eigenvalue weighted by Gasteiger charge is 2.16. The predicted octanol–water partition coefficient (Wildman–Crippen LogP) is 0.949. The third-order valence-electron chi connectivity index (χ3n) is 2.54. The molecule has 0 aliphatic rings. The Kier molecular flexibility index (Phi) is 4.92. The topological polar surface area (TPSA) is 67.5 Å². The first kappa shape index (κ1) is 13.2.